The average Bonchev–Trinajstić information content (AvgIpc) is 3.21. The Balaban J connectivity index is 1.87. The van der Waals surface area contributed by atoms with Crippen LogP contribution in [0.1, 0.15) is 37.3 Å². The van der Waals surface area contributed by atoms with Gasteiger partial charge in [-0.25, -0.2) is 9.59 Å². The Bertz CT molecular complexity index is 815. The summed E-state index contributed by atoms with van der Waals surface area (Å²) < 4.78 is 10.6. The van der Waals surface area contributed by atoms with Crippen LogP contribution < -0.4 is 16.0 Å². The normalized spacial score (nSPS) is 17.9. The highest BCUT2D eigenvalue weighted by Gasteiger charge is 2.35. The van der Waals surface area contributed by atoms with E-state index >= 15 is 0 Å². The number of benzene rings is 1. The first-order valence-electron chi connectivity index (χ1n) is 8.89. The molecule has 0 unspecified atom stereocenters. The van der Waals surface area contributed by atoms with Crippen molar-refractivity contribution in [1.82, 2.24) is 16.0 Å². The molecule has 1 aromatic carbocycles. The monoisotopic (exact) mass is 369 g/mol. The molecule has 7 heteroatoms. The van der Waals surface area contributed by atoms with Crippen LogP contribution in [0.3, 0.4) is 0 Å². The minimum Gasteiger partial charge on any atom is -0.467 e. The summed E-state index contributed by atoms with van der Waals surface area (Å²) in [4.78, 5) is 24.7. The Labute approximate surface area is 157 Å². The van der Waals surface area contributed by atoms with Crippen molar-refractivity contribution in [2.75, 3.05) is 13.2 Å². The maximum Gasteiger partial charge on any atom is 0.338 e. The highest BCUT2D eigenvalue weighted by atomic mass is 16.5. The van der Waals surface area contributed by atoms with Crippen LogP contribution in [0.25, 0.3) is 0 Å². The highest BCUT2D eigenvalue weighted by molar-refractivity contribution is 5.95. The predicted molar refractivity (Wildman–Crippen MR) is 99.6 cm³/mol. The molecule has 0 bridgehead atoms. The van der Waals surface area contributed by atoms with E-state index in [1.165, 1.54) is 6.26 Å². The number of ether oxygens (including phenoxy) is 1. The van der Waals surface area contributed by atoms with E-state index in [2.05, 4.69) is 16.0 Å². The summed E-state index contributed by atoms with van der Waals surface area (Å²) in [6.07, 6.45) is 1.50. The highest BCUT2D eigenvalue weighted by Crippen LogP contribution is 2.28. The zero-order valence-corrected chi connectivity index (χ0v) is 15.3. The average molecular weight is 369 g/mol. The van der Waals surface area contributed by atoms with Crippen LogP contribution in [0.2, 0.25) is 0 Å². The molecule has 3 N–H and O–H groups in total. The van der Waals surface area contributed by atoms with Gasteiger partial charge in [0.15, 0.2) is 0 Å². The van der Waals surface area contributed by atoms with E-state index in [-0.39, 0.29) is 12.6 Å². The van der Waals surface area contributed by atoms with Gasteiger partial charge in [-0.15, -0.1) is 0 Å². The van der Waals surface area contributed by atoms with Crippen LogP contribution >= 0.6 is 0 Å². The van der Waals surface area contributed by atoms with Gasteiger partial charge in [-0.05, 0) is 31.5 Å². The Hall–Kier alpha value is -3.06. The second kappa shape index (κ2) is 8.55. The molecule has 27 heavy (non-hydrogen) atoms. The summed E-state index contributed by atoms with van der Waals surface area (Å²) >= 11 is 0. The minimum absolute atomic E-state index is 0.0380. The molecular weight excluding hydrogens is 346 g/mol. The number of rotatable bonds is 7. The summed E-state index contributed by atoms with van der Waals surface area (Å²) in [6, 6.07) is 12.3. The van der Waals surface area contributed by atoms with Crippen LogP contribution in [-0.2, 0) is 9.53 Å². The van der Waals surface area contributed by atoms with Crippen molar-refractivity contribution in [2.45, 2.75) is 25.9 Å². The molecule has 3 rings (SSSR count). The van der Waals surface area contributed by atoms with Crippen LogP contribution in [0, 0.1) is 0 Å². The van der Waals surface area contributed by atoms with Gasteiger partial charge in [0, 0.05) is 18.3 Å². The first-order chi connectivity index (χ1) is 13.1. The van der Waals surface area contributed by atoms with Gasteiger partial charge in [0.05, 0.1) is 18.4 Å². The van der Waals surface area contributed by atoms with Crippen molar-refractivity contribution < 1.29 is 18.7 Å². The van der Waals surface area contributed by atoms with Gasteiger partial charge >= 0.3 is 12.0 Å². The molecule has 0 aliphatic carbocycles. The van der Waals surface area contributed by atoms with E-state index in [4.69, 9.17) is 9.15 Å². The Morgan fingerprint density at radius 2 is 2.04 bits per heavy atom. The van der Waals surface area contributed by atoms with Gasteiger partial charge < -0.3 is 25.1 Å². The fourth-order valence-corrected chi connectivity index (χ4v) is 2.99. The number of hydrogen-bond donors (Lipinski definition) is 3. The predicted octanol–water partition coefficient (Wildman–Crippen LogP) is 2.80. The van der Waals surface area contributed by atoms with Crippen molar-refractivity contribution in [2.24, 2.45) is 0 Å². The molecule has 2 atom stereocenters. The Kier molecular flexibility index (Phi) is 5.93. The number of amides is 2. The summed E-state index contributed by atoms with van der Waals surface area (Å²) in [6.45, 7) is 4.30. The van der Waals surface area contributed by atoms with Crippen molar-refractivity contribution in [1.29, 1.82) is 0 Å². The summed E-state index contributed by atoms with van der Waals surface area (Å²) in [7, 11) is 0. The van der Waals surface area contributed by atoms with E-state index < -0.39 is 18.0 Å². The molecule has 0 saturated heterocycles. The molecule has 2 aromatic rings. The lowest BCUT2D eigenvalue weighted by Crippen LogP contribution is -2.48. The zero-order valence-electron chi connectivity index (χ0n) is 15.3. The smallest absolute Gasteiger partial charge is 0.338 e. The quantitative estimate of drug-likeness (QED) is 0.653. The van der Waals surface area contributed by atoms with Gasteiger partial charge in [0.25, 0.3) is 0 Å². The van der Waals surface area contributed by atoms with Crippen molar-refractivity contribution in [3.63, 3.8) is 0 Å². The van der Waals surface area contributed by atoms with E-state index in [1.807, 2.05) is 37.3 Å². The van der Waals surface area contributed by atoms with Crippen molar-refractivity contribution in [3.8, 4) is 0 Å². The third-order valence-corrected chi connectivity index (χ3v) is 4.36. The minimum atomic E-state index is -0.698. The summed E-state index contributed by atoms with van der Waals surface area (Å²) in [5.41, 5.74) is 1.92. The Morgan fingerprint density at radius 3 is 2.70 bits per heavy atom. The molecule has 0 spiro atoms. The lowest BCUT2D eigenvalue weighted by molar-refractivity contribution is -0.139. The zero-order chi connectivity index (χ0) is 19.2. The molecular formula is C20H23N3O4. The van der Waals surface area contributed by atoms with E-state index in [0.29, 0.717) is 23.6 Å². The van der Waals surface area contributed by atoms with Gasteiger partial charge in [0.1, 0.15) is 11.8 Å². The maximum absolute atomic E-state index is 12.6. The number of carbonyl (C=O) groups is 2. The number of furan rings is 1. The fourth-order valence-electron chi connectivity index (χ4n) is 2.99. The fraction of sp³-hybridized carbons (Fsp3) is 0.300. The molecule has 1 aliphatic rings. The van der Waals surface area contributed by atoms with E-state index in [1.54, 1.807) is 19.1 Å². The second-order valence-corrected chi connectivity index (χ2v) is 6.17. The molecule has 0 fully saturated rings. The maximum atomic E-state index is 12.6. The third-order valence-electron chi connectivity index (χ3n) is 4.36. The van der Waals surface area contributed by atoms with Crippen LogP contribution in [0.5, 0.6) is 0 Å². The number of esters is 1. The van der Waals surface area contributed by atoms with Gasteiger partial charge in [-0.3, -0.25) is 0 Å². The first kappa shape index (κ1) is 18.7. The lowest BCUT2D eigenvalue weighted by Gasteiger charge is -2.28. The molecule has 2 heterocycles. The van der Waals surface area contributed by atoms with Crippen LogP contribution in [-0.4, -0.2) is 25.2 Å². The summed E-state index contributed by atoms with van der Waals surface area (Å²) in [5.74, 6) is -0.0166. The van der Waals surface area contributed by atoms with E-state index in [0.717, 1.165) is 5.56 Å². The van der Waals surface area contributed by atoms with Gasteiger partial charge in [-0.1, -0.05) is 30.3 Å². The van der Waals surface area contributed by atoms with Crippen molar-refractivity contribution >= 4 is 12.0 Å². The van der Waals surface area contributed by atoms with Gasteiger partial charge in [0.2, 0.25) is 0 Å². The number of hydrogen-bond acceptors (Lipinski definition) is 5. The second-order valence-electron chi connectivity index (χ2n) is 6.17. The molecule has 2 amide bonds. The third kappa shape index (κ3) is 4.38. The summed E-state index contributed by atoms with van der Waals surface area (Å²) in [5, 5.41) is 8.80. The van der Waals surface area contributed by atoms with Crippen molar-refractivity contribution in [3.05, 3.63) is 71.3 Å². The van der Waals surface area contributed by atoms with E-state index in [9.17, 15) is 9.59 Å². The Morgan fingerprint density at radius 1 is 1.26 bits per heavy atom. The SMILES string of the molecule is CCOC(=O)C1=C(CN[C@H](C)c2ccccc2)NC(=O)N[C@H]1c1ccco1. The molecule has 1 aliphatic heterocycles. The molecule has 1 aromatic heterocycles. The lowest BCUT2D eigenvalue weighted by atomic mass is 9.99. The molecule has 0 radical (unpaired) electrons. The number of nitrogens with one attached hydrogen (secondary N) is 3. The molecule has 0 saturated carbocycles. The number of carbonyl (C=O) groups excluding carboxylic acids is 2. The topological polar surface area (TPSA) is 92.6 Å². The van der Waals surface area contributed by atoms with Crippen LogP contribution in [0.15, 0.2) is 64.4 Å². The van der Waals surface area contributed by atoms with Crippen LogP contribution in [0.4, 0.5) is 4.79 Å². The first-order valence-corrected chi connectivity index (χ1v) is 8.89. The van der Waals surface area contributed by atoms with Gasteiger partial charge in [-0.2, -0.15) is 0 Å². The standard InChI is InChI=1S/C20H23N3O4/c1-3-26-19(24)17-15(12-21-13(2)14-8-5-4-6-9-14)22-20(25)23-18(17)16-10-7-11-27-16/h4-11,13,18,21H,3,12H2,1-2H3,(H2,22,23,25)/t13-,18+/m1/s1. The largest absolute Gasteiger partial charge is 0.467 e. The number of urea groups is 1. The molecule has 7 nitrogen and oxygen atoms in total. The molecule has 142 valence electrons.